The van der Waals surface area contributed by atoms with Gasteiger partial charge >= 0.3 is 5.97 Å². The fraction of sp³-hybridized carbons (Fsp3) is 0.140. The Morgan fingerprint density at radius 1 is 0.472 bits per heavy atom. The molecule has 0 bridgehead atoms. The predicted octanol–water partition coefficient (Wildman–Crippen LogP) is 9.31. The van der Waals surface area contributed by atoms with Crippen LogP contribution in [0.15, 0.2) is 196 Å². The summed E-state index contributed by atoms with van der Waals surface area (Å²) in [6, 6.07) is 37.9. The number of nitrogens with one attached hydrogen (secondary N) is 1. The Morgan fingerprint density at radius 2 is 0.903 bits per heavy atom. The third kappa shape index (κ3) is 14.5. The number of imidazole rings is 4. The molecule has 11 aromatic rings. The molecule has 15 heteroatoms. The number of fused-ring (bicyclic) bond motifs is 4. The molecule has 0 aliphatic rings. The van der Waals surface area contributed by atoms with Crippen LogP contribution in [0, 0.1) is 20.8 Å². The maximum absolute atomic E-state index is 12.1. The number of benzene rings is 3. The largest absolute Gasteiger partial charge is 0.478 e. The van der Waals surface area contributed by atoms with Crippen LogP contribution in [0.3, 0.4) is 0 Å². The van der Waals surface area contributed by atoms with Gasteiger partial charge in [0.15, 0.2) is 5.78 Å². The van der Waals surface area contributed by atoms with E-state index in [9.17, 15) is 14.4 Å². The minimum atomic E-state index is -0.875. The van der Waals surface area contributed by atoms with E-state index in [1.54, 1.807) is 49.1 Å². The molecule has 11 rings (SSSR count). The highest BCUT2D eigenvalue weighted by molar-refractivity contribution is 5.96. The minimum absolute atomic E-state index is 0.0618. The number of carboxylic acid groups (broad SMARTS) is 1. The van der Waals surface area contributed by atoms with Crippen molar-refractivity contribution in [1.82, 2.24) is 42.9 Å². The summed E-state index contributed by atoms with van der Waals surface area (Å²) < 4.78 is 7.83. The molecular weight excluding hydrogens is 903 g/mol. The van der Waals surface area contributed by atoms with Gasteiger partial charge in [-0.1, -0.05) is 77.4 Å². The normalized spacial score (nSPS) is 10.5. The van der Waals surface area contributed by atoms with Crippen LogP contribution >= 0.6 is 0 Å². The second-order valence-electron chi connectivity index (χ2n) is 16.8. The average Bonchev–Trinajstić information content (AvgIpc) is 4.26. The second-order valence-corrected chi connectivity index (χ2v) is 16.8. The third-order valence-electron chi connectivity index (χ3n) is 11.4. The number of carbonyl (C=O) groups excluding carboxylic acids is 2. The van der Waals surface area contributed by atoms with Crippen LogP contribution in [0.4, 0.5) is 0 Å². The van der Waals surface area contributed by atoms with E-state index >= 15 is 0 Å². The predicted molar refractivity (Wildman–Crippen MR) is 281 cm³/mol. The molecule has 6 N–H and O–H groups in total. The molecule has 0 atom stereocenters. The first kappa shape index (κ1) is 50.8. The van der Waals surface area contributed by atoms with Crippen LogP contribution in [0.5, 0.6) is 0 Å². The van der Waals surface area contributed by atoms with Gasteiger partial charge in [0.25, 0.3) is 5.91 Å². The zero-order valence-corrected chi connectivity index (χ0v) is 40.4. The Balaban J connectivity index is 0.000000137. The van der Waals surface area contributed by atoms with Crippen LogP contribution < -0.4 is 16.8 Å². The SMILES string of the molecule is Cc1ccc(C(=O)CCc2ccc3nccn3c2)cc1.Cc1ccc(C(=O)NCc2ccn3ccnc3c2)cc1.Cc1ccc(C(=O)O)cc1.NCc1ccc2nccn2c1.NCc1ccn2ccnc2c1. The monoisotopic (exact) mass is 959 g/mol. The molecule has 0 fully saturated rings. The number of carboxylic acids is 1. The van der Waals surface area contributed by atoms with E-state index in [1.807, 2.05) is 185 Å². The van der Waals surface area contributed by atoms with Gasteiger partial charge < -0.3 is 39.5 Å². The van der Waals surface area contributed by atoms with Crippen molar-refractivity contribution in [3.63, 3.8) is 0 Å². The van der Waals surface area contributed by atoms with Crippen molar-refractivity contribution in [3.05, 3.63) is 251 Å². The third-order valence-corrected chi connectivity index (χ3v) is 11.4. The number of aromatic carboxylic acids is 1. The summed E-state index contributed by atoms with van der Waals surface area (Å²) in [6.45, 7) is 7.59. The number of pyridine rings is 4. The van der Waals surface area contributed by atoms with Gasteiger partial charge in [0.2, 0.25) is 0 Å². The van der Waals surface area contributed by atoms with E-state index in [0.29, 0.717) is 37.2 Å². The highest BCUT2D eigenvalue weighted by atomic mass is 16.4. The van der Waals surface area contributed by atoms with Crippen LogP contribution in [0.2, 0.25) is 0 Å². The standard InChI is InChI=1S/C17H16N2O.C16H15N3O.2C8H9N3.C8H8O2/c1-13-2-6-15(7-3-13)16(20)8-4-14-5-9-17-18-10-11-19(17)12-14;1-12-2-4-14(5-3-12)16(20)18-11-13-6-8-19-9-7-17-15(19)10-13;9-6-7-1-3-11-4-2-10-8(11)5-7;9-5-7-1-2-8-10-3-4-11(8)6-7;1-6-2-4-7(5-3-6)8(9)10/h2-3,5-7,9-12H,4,8H2,1H3;2-10H,11H2,1H3,(H,18,20);1-5H,6,9H2;1-4,6H,5,9H2;2-5H,1H3,(H,9,10). The molecule has 8 heterocycles. The van der Waals surface area contributed by atoms with Crippen molar-refractivity contribution in [1.29, 1.82) is 0 Å². The van der Waals surface area contributed by atoms with E-state index in [2.05, 4.69) is 25.3 Å². The summed E-state index contributed by atoms with van der Waals surface area (Å²) in [6.07, 6.45) is 23.9. The van der Waals surface area contributed by atoms with E-state index in [1.165, 1.54) is 5.56 Å². The van der Waals surface area contributed by atoms with E-state index in [0.717, 1.165) is 68.0 Å². The first-order chi connectivity index (χ1) is 34.9. The number of nitrogens with zero attached hydrogens (tertiary/aromatic N) is 8. The van der Waals surface area contributed by atoms with E-state index < -0.39 is 5.97 Å². The molecule has 364 valence electrons. The Hall–Kier alpha value is -9.05. The number of aryl methyl sites for hydroxylation is 4. The molecule has 15 nitrogen and oxygen atoms in total. The van der Waals surface area contributed by atoms with Gasteiger partial charge in [-0.3, -0.25) is 9.59 Å². The van der Waals surface area contributed by atoms with Crippen molar-refractivity contribution >= 4 is 40.2 Å². The van der Waals surface area contributed by atoms with Gasteiger partial charge in [0.05, 0.1) is 5.56 Å². The summed E-state index contributed by atoms with van der Waals surface area (Å²) in [5.74, 6) is -0.746. The number of rotatable bonds is 10. The average molecular weight is 960 g/mol. The van der Waals surface area contributed by atoms with Gasteiger partial charge in [-0.25, -0.2) is 24.7 Å². The number of nitrogens with two attached hydrogens (primary N) is 2. The summed E-state index contributed by atoms with van der Waals surface area (Å²) in [7, 11) is 0. The molecule has 0 saturated carbocycles. The number of aromatic nitrogens is 8. The highest BCUT2D eigenvalue weighted by Crippen LogP contribution is 2.13. The Morgan fingerprint density at radius 3 is 1.42 bits per heavy atom. The fourth-order valence-corrected chi connectivity index (χ4v) is 7.17. The maximum atomic E-state index is 12.1. The number of Topliss-reactive ketones (excluding diaryl/α,β-unsaturated/α-hetero) is 1. The van der Waals surface area contributed by atoms with Crippen molar-refractivity contribution in [3.8, 4) is 0 Å². The molecule has 8 aromatic heterocycles. The molecule has 0 aliphatic heterocycles. The van der Waals surface area contributed by atoms with Gasteiger partial charge in [-0.15, -0.1) is 0 Å². The Kier molecular flexibility index (Phi) is 17.6. The van der Waals surface area contributed by atoms with Crippen molar-refractivity contribution in [2.75, 3.05) is 0 Å². The fourth-order valence-electron chi connectivity index (χ4n) is 7.17. The zero-order chi connectivity index (χ0) is 50.8. The van der Waals surface area contributed by atoms with Crippen LogP contribution in [-0.4, -0.2) is 60.3 Å². The molecule has 72 heavy (non-hydrogen) atoms. The molecule has 0 aliphatic carbocycles. The first-order valence-corrected chi connectivity index (χ1v) is 23.3. The molecule has 1 amide bonds. The number of carbonyl (C=O) groups is 3. The number of hydrogen-bond acceptors (Lipinski definition) is 9. The molecular formula is C57H57N11O4. The summed E-state index contributed by atoms with van der Waals surface area (Å²) in [5.41, 5.74) is 24.3. The molecule has 3 aromatic carbocycles. The van der Waals surface area contributed by atoms with Crippen LogP contribution in [0.25, 0.3) is 22.6 Å². The van der Waals surface area contributed by atoms with Crippen LogP contribution in [0.1, 0.15) is 76.4 Å². The van der Waals surface area contributed by atoms with Crippen molar-refractivity contribution < 1.29 is 19.5 Å². The minimum Gasteiger partial charge on any atom is -0.478 e. The van der Waals surface area contributed by atoms with Crippen molar-refractivity contribution in [2.24, 2.45) is 11.5 Å². The summed E-state index contributed by atoms with van der Waals surface area (Å²) >= 11 is 0. The maximum Gasteiger partial charge on any atom is 0.335 e. The first-order valence-electron chi connectivity index (χ1n) is 23.3. The van der Waals surface area contributed by atoms with E-state index in [4.69, 9.17) is 16.6 Å². The van der Waals surface area contributed by atoms with E-state index in [-0.39, 0.29) is 11.7 Å². The lowest BCUT2D eigenvalue weighted by Gasteiger charge is -2.06. The Labute approximate surface area is 417 Å². The highest BCUT2D eigenvalue weighted by Gasteiger charge is 2.08. The van der Waals surface area contributed by atoms with Crippen molar-refractivity contribution in [2.45, 2.75) is 53.2 Å². The second kappa shape index (κ2) is 25.0. The number of hydrogen-bond donors (Lipinski definition) is 4. The lowest BCUT2D eigenvalue weighted by molar-refractivity contribution is 0.0696. The Bertz CT molecular complexity index is 3290. The lowest BCUT2D eigenvalue weighted by Crippen LogP contribution is -2.22. The quantitative estimate of drug-likeness (QED) is 0.0956. The lowest BCUT2D eigenvalue weighted by atomic mass is 10.0. The molecule has 0 saturated heterocycles. The van der Waals surface area contributed by atoms with Gasteiger partial charge in [0, 0.05) is 112 Å². The molecule has 0 unspecified atom stereocenters. The van der Waals surface area contributed by atoms with Gasteiger partial charge in [-0.2, -0.15) is 0 Å². The zero-order valence-electron chi connectivity index (χ0n) is 40.4. The van der Waals surface area contributed by atoms with Gasteiger partial charge in [0.1, 0.15) is 22.6 Å². The summed E-state index contributed by atoms with van der Waals surface area (Å²) in [4.78, 5) is 51.1. The topological polar surface area (TPSA) is 205 Å². The van der Waals surface area contributed by atoms with Crippen LogP contribution in [-0.2, 0) is 26.1 Å². The smallest absolute Gasteiger partial charge is 0.335 e. The molecule has 0 spiro atoms. The number of amides is 1. The number of ketones is 1. The van der Waals surface area contributed by atoms with Gasteiger partial charge in [-0.05, 0) is 110 Å². The molecule has 0 radical (unpaired) electrons. The summed E-state index contributed by atoms with van der Waals surface area (Å²) in [5, 5.41) is 11.4.